The van der Waals surface area contributed by atoms with Crippen LogP contribution in [0.25, 0.3) is 0 Å². The Bertz CT molecular complexity index is 612. The minimum atomic E-state index is -3.67. The largest absolute Gasteiger partial charge is 0.384 e. The monoisotopic (exact) mass is 301 g/mol. The lowest BCUT2D eigenvalue weighted by molar-refractivity contribution is 0.127. The third-order valence-electron chi connectivity index (χ3n) is 2.97. The molecule has 20 heavy (non-hydrogen) atoms. The Kier molecular flexibility index (Phi) is 4.24. The molecule has 1 aromatic carbocycles. The predicted molar refractivity (Wildman–Crippen MR) is 73.8 cm³/mol. The lowest BCUT2D eigenvalue weighted by Gasteiger charge is -2.13. The average Bonchev–Trinajstić information content (AvgIpc) is 2.83. The van der Waals surface area contributed by atoms with E-state index in [-0.39, 0.29) is 28.9 Å². The normalized spacial score (nSPS) is 18.9. The van der Waals surface area contributed by atoms with E-state index in [0.29, 0.717) is 13.0 Å². The summed E-state index contributed by atoms with van der Waals surface area (Å²) in [5.74, 6) is -1.24. The quantitative estimate of drug-likeness (QED) is 0.558. The van der Waals surface area contributed by atoms with Gasteiger partial charge in [0.05, 0.1) is 17.5 Å². The van der Waals surface area contributed by atoms with Crippen LogP contribution < -0.4 is 10.5 Å². The van der Waals surface area contributed by atoms with E-state index < -0.39 is 15.8 Å². The van der Waals surface area contributed by atoms with Crippen molar-refractivity contribution in [2.45, 2.75) is 18.9 Å². The third-order valence-corrected chi connectivity index (χ3v) is 4.32. The lowest BCUT2D eigenvalue weighted by Crippen LogP contribution is -2.26. The summed E-state index contributed by atoms with van der Waals surface area (Å²) < 4.78 is 45.0. The molecule has 4 N–H and O–H groups in total. The Morgan fingerprint density at radius 3 is 2.85 bits per heavy atom. The topological polar surface area (TPSA) is 105 Å². The second kappa shape index (κ2) is 5.76. The van der Waals surface area contributed by atoms with Crippen LogP contribution in [0.5, 0.6) is 0 Å². The maximum atomic E-state index is 13.7. The highest BCUT2D eigenvalue weighted by Crippen LogP contribution is 2.19. The van der Waals surface area contributed by atoms with Crippen LogP contribution in [0.1, 0.15) is 18.4 Å². The third kappa shape index (κ3) is 3.67. The molecule has 1 heterocycles. The zero-order valence-electron chi connectivity index (χ0n) is 10.7. The number of amidine groups is 1. The Hall–Kier alpha value is -1.67. The fourth-order valence-electron chi connectivity index (χ4n) is 2.00. The molecule has 8 heteroatoms. The minimum Gasteiger partial charge on any atom is -0.384 e. The van der Waals surface area contributed by atoms with Gasteiger partial charge in [-0.25, -0.2) is 12.8 Å². The van der Waals surface area contributed by atoms with Gasteiger partial charge in [0.2, 0.25) is 10.0 Å². The maximum absolute atomic E-state index is 13.7. The van der Waals surface area contributed by atoms with Gasteiger partial charge in [-0.05, 0) is 31.0 Å². The average molecular weight is 301 g/mol. The van der Waals surface area contributed by atoms with E-state index in [9.17, 15) is 12.8 Å². The number of sulfonamides is 1. The second-order valence-corrected chi connectivity index (χ2v) is 6.39. The number of anilines is 1. The van der Waals surface area contributed by atoms with Gasteiger partial charge < -0.3 is 10.5 Å². The van der Waals surface area contributed by atoms with Crippen LogP contribution in [-0.2, 0) is 14.8 Å². The van der Waals surface area contributed by atoms with Crippen molar-refractivity contribution in [1.29, 1.82) is 5.41 Å². The van der Waals surface area contributed by atoms with E-state index in [1.54, 1.807) is 0 Å². The van der Waals surface area contributed by atoms with Crippen molar-refractivity contribution >= 4 is 21.5 Å². The number of hydrogen-bond acceptors (Lipinski definition) is 4. The highest BCUT2D eigenvalue weighted by Gasteiger charge is 2.24. The van der Waals surface area contributed by atoms with E-state index in [1.165, 1.54) is 12.1 Å². The first kappa shape index (κ1) is 14.7. The van der Waals surface area contributed by atoms with Crippen molar-refractivity contribution in [3.63, 3.8) is 0 Å². The number of halogens is 1. The highest BCUT2D eigenvalue weighted by molar-refractivity contribution is 7.92. The first-order chi connectivity index (χ1) is 9.37. The van der Waals surface area contributed by atoms with Crippen LogP contribution in [0.3, 0.4) is 0 Å². The molecule has 0 radical (unpaired) electrons. The molecule has 1 aromatic rings. The van der Waals surface area contributed by atoms with Crippen LogP contribution in [0.4, 0.5) is 10.1 Å². The van der Waals surface area contributed by atoms with Gasteiger partial charge in [-0.15, -0.1) is 0 Å². The molecule has 0 aliphatic carbocycles. The zero-order chi connectivity index (χ0) is 14.8. The van der Waals surface area contributed by atoms with Gasteiger partial charge in [-0.2, -0.15) is 0 Å². The molecule has 110 valence electrons. The van der Waals surface area contributed by atoms with Gasteiger partial charge in [0.15, 0.2) is 0 Å². The van der Waals surface area contributed by atoms with E-state index in [2.05, 4.69) is 4.72 Å². The Morgan fingerprint density at radius 1 is 1.55 bits per heavy atom. The minimum absolute atomic E-state index is 0.159. The molecule has 1 atom stereocenters. The number of hydrogen-bond donors (Lipinski definition) is 3. The summed E-state index contributed by atoms with van der Waals surface area (Å²) in [6.07, 6.45) is 1.18. The molecule has 2 rings (SSSR count). The van der Waals surface area contributed by atoms with Crippen molar-refractivity contribution in [2.24, 2.45) is 5.73 Å². The Morgan fingerprint density at radius 2 is 2.30 bits per heavy atom. The highest BCUT2D eigenvalue weighted by atomic mass is 32.2. The second-order valence-electron chi connectivity index (χ2n) is 4.63. The molecule has 0 saturated carbocycles. The molecule has 1 unspecified atom stereocenters. The number of nitrogens with two attached hydrogens (primary N) is 1. The summed E-state index contributed by atoms with van der Waals surface area (Å²) in [5, 5.41) is 7.19. The summed E-state index contributed by atoms with van der Waals surface area (Å²) in [7, 11) is -3.67. The summed E-state index contributed by atoms with van der Waals surface area (Å²) in [4.78, 5) is 0. The molecule has 1 saturated heterocycles. The Labute approximate surface area is 116 Å². The molecule has 0 aromatic heterocycles. The van der Waals surface area contributed by atoms with Gasteiger partial charge >= 0.3 is 0 Å². The predicted octanol–water partition coefficient (Wildman–Crippen LogP) is 1.03. The van der Waals surface area contributed by atoms with Crippen molar-refractivity contribution < 1.29 is 17.5 Å². The fraction of sp³-hybridized carbons (Fsp3) is 0.417. The fourth-order valence-corrected chi connectivity index (χ4v) is 3.33. The van der Waals surface area contributed by atoms with Crippen molar-refractivity contribution in [2.75, 3.05) is 17.1 Å². The van der Waals surface area contributed by atoms with Crippen molar-refractivity contribution in [3.8, 4) is 0 Å². The Balaban J connectivity index is 2.10. The van der Waals surface area contributed by atoms with Crippen LogP contribution >= 0.6 is 0 Å². The number of benzene rings is 1. The van der Waals surface area contributed by atoms with Gasteiger partial charge in [-0.3, -0.25) is 10.1 Å². The number of nitrogens with one attached hydrogen (secondary N) is 2. The standard InChI is InChI=1S/C12H16FN3O3S/c13-10-6-8(12(14)15)3-4-11(10)16-20(17,18)7-9-2-1-5-19-9/h3-4,6,9,16H,1-2,5,7H2,(H3,14,15). The van der Waals surface area contributed by atoms with E-state index in [1.807, 2.05) is 0 Å². The van der Waals surface area contributed by atoms with Crippen LogP contribution in [0, 0.1) is 11.2 Å². The molecular formula is C12H16FN3O3S. The molecule has 0 spiro atoms. The maximum Gasteiger partial charge on any atom is 0.235 e. The summed E-state index contributed by atoms with van der Waals surface area (Å²) in [6, 6.07) is 3.65. The van der Waals surface area contributed by atoms with Gasteiger partial charge in [-0.1, -0.05) is 0 Å². The number of ether oxygens (including phenoxy) is 1. The molecule has 1 aliphatic heterocycles. The zero-order valence-corrected chi connectivity index (χ0v) is 11.5. The van der Waals surface area contributed by atoms with Gasteiger partial charge in [0.1, 0.15) is 11.7 Å². The van der Waals surface area contributed by atoms with Gasteiger partial charge in [0.25, 0.3) is 0 Å². The molecule has 6 nitrogen and oxygen atoms in total. The first-order valence-corrected chi connectivity index (χ1v) is 7.78. The van der Waals surface area contributed by atoms with Crippen LogP contribution in [-0.4, -0.2) is 32.7 Å². The lowest BCUT2D eigenvalue weighted by atomic mass is 10.2. The van der Waals surface area contributed by atoms with Crippen LogP contribution in [0.2, 0.25) is 0 Å². The van der Waals surface area contributed by atoms with E-state index in [0.717, 1.165) is 12.5 Å². The summed E-state index contributed by atoms with van der Waals surface area (Å²) >= 11 is 0. The smallest absolute Gasteiger partial charge is 0.235 e. The first-order valence-electron chi connectivity index (χ1n) is 6.13. The van der Waals surface area contributed by atoms with Crippen molar-refractivity contribution in [1.82, 2.24) is 0 Å². The van der Waals surface area contributed by atoms with E-state index in [4.69, 9.17) is 15.9 Å². The molecule has 0 bridgehead atoms. The van der Waals surface area contributed by atoms with E-state index >= 15 is 0 Å². The SMILES string of the molecule is N=C(N)c1ccc(NS(=O)(=O)CC2CCCO2)c(F)c1. The molecule has 1 aliphatic rings. The number of nitrogen functional groups attached to an aromatic ring is 1. The molecule has 0 amide bonds. The summed E-state index contributed by atoms with van der Waals surface area (Å²) in [5.41, 5.74) is 5.27. The molecular weight excluding hydrogens is 285 g/mol. The summed E-state index contributed by atoms with van der Waals surface area (Å²) in [6.45, 7) is 0.557. The van der Waals surface area contributed by atoms with Crippen molar-refractivity contribution in [3.05, 3.63) is 29.6 Å². The number of rotatable bonds is 5. The van der Waals surface area contributed by atoms with Crippen LogP contribution in [0.15, 0.2) is 18.2 Å². The molecule has 1 fully saturated rings. The van der Waals surface area contributed by atoms with Gasteiger partial charge in [0, 0.05) is 12.2 Å².